The number of aromatic nitrogens is 1. The molecule has 1 aromatic heterocycles. The highest BCUT2D eigenvalue weighted by Crippen LogP contribution is 2.14. The maximum atomic E-state index is 11.6. The molecular weight excluding hydrogens is 232 g/mol. The molecule has 0 saturated heterocycles. The van der Waals surface area contributed by atoms with E-state index in [9.17, 15) is 4.79 Å². The van der Waals surface area contributed by atoms with Gasteiger partial charge in [-0.1, -0.05) is 11.6 Å². The summed E-state index contributed by atoms with van der Waals surface area (Å²) in [7, 11) is 0. The van der Waals surface area contributed by atoms with Crippen LogP contribution in [0, 0.1) is 0 Å². The van der Waals surface area contributed by atoms with E-state index in [-0.39, 0.29) is 11.7 Å². The predicted molar refractivity (Wildman–Crippen MR) is 57.9 cm³/mol. The molecule has 0 radical (unpaired) electrons. The minimum Gasteiger partial charge on any atom is -0.494 e. The second-order valence-corrected chi connectivity index (χ2v) is 3.41. The fourth-order valence-electron chi connectivity index (χ4n) is 1.16. The molecule has 0 bridgehead atoms. The van der Waals surface area contributed by atoms with Gasteiger partial charge in [0.25, 0.3) is 5.91 Å². The Morgan fingerprint density at radius 3 is 3.06 bits per heavy atom. The lowest BCUT2D eigenvalue weighted by Gasteiger charge is -2.14. The molecule has 1 amide bonds. The average molecular weight is 241 g/mol. The van der Waals surface area contributed by atoms with Gasteiger partial charge in [-0.3, -0.25) is 4.79 Å². The molecule has 0 saturated carbocycles. The summed E-state index contributed by atoms with van der Waals surface area (Å²) in [5.41, 5.74) is 0.556. The van der Waals surface area contributed by atoms with Gasteiger partial charge in [-0.05, 0) is 12.1 Å². The molecule has 0 aromatic carbocycles. The Morgan fingerprint density at radius 2 is 2.38 bits per heavy atom. The quantitative estimate of drug-likeness (QED) is 0.797. The second kappa shape index (κ2) is 4.85. The van der Waals surface area contributed by atoms with Gasteiger partial charge in [0.05, 0.1) is 0 Å². The van der Waals surface area contributed by atoms with E-state index in [0.29, 0.717) is 24.1 Å². The van der Waals surface area contributed by atoms with E-state index >= 15 is 0 Å². The van der Waals surface area contributed by atoms with Crippen molar-refractivity contribution in [3.63, 3.8) is 0 Å². The fourth-order valence-corrected chi connectivity index (χ4v) is 1.33. The Kier molecular flexibility index (Phi) is 3.26. The zero-order valence-electron chi connectivity index (χ0n) is 8.27. The van der Waals surface area contributed by atoms with Crippen LogP contribution in [0.25, 0.3) is 0 Å². The summed E-state index contributed by atoms with van der Waals surface area (Å²) in [4.78, 5) is 15.4. The number of carbonyl (C=O) groups excluding carboxylic acids is 1. The molecule has 1 aliphatic rings. The fraction of sp³-hybridized carbons (Fsp3) is 0.200. The molecule has 84 valence electrons. The van der Waals surface area contributed by atoms with Gasteiger partial charge in [-0.25, -0.2) is 4.98 Å². The van der Waals surface area contributed by atoms with Crippen molar-refractivity contribution in [3.05, 3.63) is 35.5 Å². The lowest BCUT2D eigenvalue weighted by Crippen LogP contribution is -2.21. The number of rotatable bonds is 2. The predicted octanol–water partition coefficient (Wildman–Crippen LogP) is 1.56. The maximum Gasteiger partial charge on any atom is 0.294 e. The van der Waals surface area contributed by atoms with E-state index in [1.807, 2.05) is 0 Å². The molecule has 16 heavy (non-hydrogen) atoms. The van der Waals surface area contributed by atoms with Gasteiger partial charge in [0.1, 0.15) is 24.6 Å². The Hall–Kier alpha value is -1.75. The van der Waals surface area contributed by atoms with Crippen LogP contribution in [0.15, 0.2) is 30.4 Å². The van der Waals surface area contributed by atoms with Gasteiger partial charge < -0.3 is 14.8 Å². The molecule has 0 unspecified atom stereocenters. The van der Waals surface area contributed by atoms with Crippen molar-refractivity contribution in [2.75, 3.05) is 18.5 Å². The van der Waals surface area contributed by atoms with E-state index in [2.05, 4.69) is 10.3 Å². The number of carbonyl (C=O) groups is 1. The smallest absolute Gasteiger partial charge is 0.294 e. The Bertz CT molecular complexity index is 434. The first kappa shape index (κ1) is 10.8. The van der Waals surface area contributed by atoms with E-state index in [1.165, 1.54) is 12.5 Å². The molecule has 1 aromatic rings. The van der Waals surface area contributed by atoms with E-state index in [0.717, 1.165) is 0 Å². The van der Waals surface area contributed by atoms with Crippen LogP contribution in [0.5, 0.6) is 0 Å². The largest absolute Gasteiger partial charge is 0.494 e. The molecule has 0 fully saturated rings. The monoisotopic (exact) mass is 240 g/mol. The molecule has 2 heterocycles. The minimum atomic E-state index is -0.373. The van der Waals surface area contributed by atoms with Crippen molar-refractivity contribution in [1.29, 1.82) is 0 Å². The first-order valence-electron chi connectivity index (χ1n) is 4.63. The van der Waals surface area contributed by atoms with Crippen LogP contribution in [-0.2, 0) is 14.3 Å². The van der Waals surface area contributed by atoms with Crippen molar-refractivity contribution < 1.29 is 14.3 Å². The molecule has 1 N–H and O–H groups in total. The van der Waals surface area contributed by atoms with Crippen LogP contribution in [0.2, 0.25) is 5.15 Å². The van der Waals surface area contributed by atoms with Gasteiger partial charge in [0, 0.05) is 11.9 Å². The Labute approximate surface area is 97.0 Å². The molecular formula is C10H9ClN2O3. The van der Waals surface area contributed by atoms with Gasteiger partial charge in [-0.15, -0.1) is 0 Å². The average Bonchev–Trinajstić information content (AvgIpc) is 2.30. The minimum absolute atomic E-state index is 0.152. The SMILES string of the molecule is O=C(Nc1ccnc(Cl)c1)C1=COCCO1. The number of halogens is 1. The summed E-state index contributed by atoms with van der Waals surface area (Å²) in [5, 5.41) is 2.93. The van der Waals surface area contributed by atoms with Crippen molar-refractivity contribution in [1.82, 2.24) is 4.98 Å². The van der Waals surface area contributed by atoms with Gasteiger partial charge in [-0.2, -0.15) is 0 Å². The van der Waals surface area contributed by atoms with E-state index < -0.39 is 0 Å². The standard InChI is InChI=1S/C10H9ClN2O3/c11-9-5-7(1-2-12-9)13-10(14)8-6-15-3-4-16-8/h1-2,5-6H,3-4H2,(H,12,13,14). The number of amides is 1. The molecule has 0 spiro atoms. The highest BCUT2D eigenvalue weighted by atomic mass is 35.5. The molecule has 1 aliphatic heterocycles. The normalized spacial score (nSPS) is 14.4. The topological polar surface area (TPSA) is 60.5 Å². The Morgan fingerprint density at radius 1 is 1.50 bits per heavy atom. The van der Waals surface area contributed by atoms with Crippen LogP contribution < -0.4 is 5.32 Å². The lowest BCUT2D eigenvalue weighted by molar-refractivity contribution is -0.117. The summed E-state index contributed by atoms with van der Waals surface area (Å²) in [5.74, 6) is -0.221. The maximum absolute atomic E-state index is 11.6. The van der Waals surface area contributed by atoms with Crippen LogP contribution >= 0.6 is 11.6 Å². The lowest BCUT2D eigenvalue weighted by atomic mass is 10.4. The van der Waals surface area contributed by atoms with Crippen molar-refractivity contribution in [2.45, 2.75) is 0 Å². The third kappa shape index (κ3) is 2.64. The summed E-state index contributed by atoms with van der Waals surface area (Å²) >= 11 is 5.68. The van der Waals surface area contributed by atoms with Crippen molar-refractivity contribution in [2.24, 2.45) is 0 Å². The molecule has 5 nitrogen and oxygen atoms in total. The van der Waals surface area contributed by atoms with E-state index in [4.69, 9.17) is 21.1 Å². The highest BCUT2D eigenvalue weighted by molar-refractivity contribution is 6.29. The van der Waals surface area contributed by atoms with Crippen LogP contribution in [0.3, 0.4) is 0 Å². The van der Waals surface area contributed by atoms with Crippen LogP contribution in [0.1, 0.15) is 0 Å². The first-order valence-corrected chi connectivity index (χ1v) is 5.01. The number of ether oxygens (including phenoxy) is 2. The summed E-state index contributed by atoms with van der Waals surface area (Å²) < 4.78 is 10.1. The van der Waals surface area contributed by atoms with Crippen molar-refractivity contribution >= 4 is 23.2 Å². The third-order valence-corrected chi connectivity index (χ3v) is 2.06. The van der Waals surface area contributed by atoms with Crippen molar-refractivity contribution in [3.8, 4) is 0 Å². The first-order chi connectivity index (χ1) is 7.75. The number of pyridine rings is 1. The highest BCUT2D eigenvalue weighted by Gasteiger charge is 2.15. The molecule has 0 atom stereocenters. The molecule has 6 heteroatoms. The van der Waals surface area contributed by atoms with E-state index in [1.54, 1.807) is 12.1 Å². The molecule has 2 rings (SSSR count). The number of hydrogen-bond donors (Lipinski definition) is 1. The zero-order chi connectivity index (χ0) is 11.4. The number of anilines is 1. The number of nitrogens with one attached hydrogen (secondary N) is 1. The van der Waals surface area contributed by atoms with Crippen LogP contribution in [-0.4, -0.2) is 24.1 Å². The van der Waals surface area contributed by atoms with Gasteiger partial charge in [0.2, 0.25) is 5.76 Å². The summed E-state index contributed by atoms with van der Waals surface area (Å²) in [6.07, 6.45) is 2.80. The zero-order valence-corrected chi connectivity index (χ0v) is 9.03. The summed E-state index contributed by atoms with van der Waals surface area (Å²) in [6.45, 7) is 0.828. The number of hydrogen-bond acceptors (Lipinski definition) is 4. The van der Waals surface area contributed by atoms with Gasteiger partial charge in [0.15, 0.2) is 0 Å². The van der Waals surface area contributed by atoms with Crippen LogP contribution in [0.4, 0.5) is 5.69 Å². The molecule has 0 aliphatic carbocycles. The third-order valence-electron chi connectivity index (χ3n) is 1.86. The second-order valence-electron chi connectivity index (χ2n) is 3.02. The summed E-state index contributed by atoms with van der Waals surface area (Å²) in [6, 6.07) is 3.18. The van der Waals surface area contributed by atoms with Gasteiger partial charge >= 0.3 is 0 Å². The number of nitrogens with zero attached hydrogens (tertiary/aromatic N) is 1. The Balaban J connectivity index is 2.04.